The van der Waals surface area contributed by atoms with Gasteiger partial charge in [-0.05, 0) is 24.3 Å². The monoisotopic (exact) mass is 381 g/mol. The average Bonchev–Trinajstić information content (AvgIpc) is 3.39. The summed E-state index contributed by atoms with van der Waals surface area (Å²) in [7, 11) is 0. The van der Waals surface area contributed by atoms with Crippen molar-refractivity contribution in [3.8, 4) is 17.3 Å². The molecule has 0 aliphatic rings. The summed E-state index contributed by atoms with van der Waals surface area (Å²) in [6.07, 6.45) is 1.62. The molecule has 1 aromatic carbocycles. The first-order valence-electron chi connectivity index (χ1n) is 8.53. The fourth-order valence-corrected chi connectivity index (χ4v) is 3.27. The molecule has 0 atom stereocenters. The van der Waals surface area contributed by atoms with Gasteiger partial charge in [0.1, 0.15) is 0 Å². The first-order chi connectivity index (χ1) is 13.0. The predicted octanol–water partition coefficient (Wildman–Crippen LogP) is 4.50. The van der Waals surface area contributed by atoms with Crippen LogP contribution in [-0.4, -0.2) is 24.9 Å². The Morgan fingerprint density at radius 1 is 1.04 bits per heavy atom. The van der Waals surface area contributed by atoms with Crippen LogP contribution in [0.4, 0.5) is 0 Å². The Hall–Kier alpha value is -2.87. The molecule has 0 aliphatic heterocycles. The van der Waals surface area contributed by atoms with E-state index >= 15 is 0 Å². The third-order valence-electron chi connectivity index (χ3n) is 3.85. The van der Waals surface area contributed by atoms with Crippen molar-refractivity contribution < 1.29 is 8.94 Å². The lowest BCUT2D eigenvalue weighted by Gasteiger charge is -2.10. The number of para-hydroxylation sites is 1. The van der Waals surface area contributed by atoms with E-state index in [1.54, 1.807) is 6.26 Å². The number of benzene rings is 1. The second-order valence-electron chi connectivity index (χ2n) is 7.00. The first kappa shape index (κ1) is 17.5. The van der Waals surface area contributed by atoms with Crippen LogP contribution in [-0.2, 0) is 11.2 Å². The van der Waals surface area contributed by atoms with Crippen LogP contribution in [0.3, 0.4) is 0 Å². The zero-order chi connectivity index (χ0) is 18.9. The Bertz CT molecular complexity index is 1020. The molecule has 0 amide bonds. The second-order valence-corrected chi connectivity index (χ2v) is 7.95. The first-order valence-corrected chi connectivity index (χ1v) is 9.51. The van der Waals surface area contributed by atoms with Gasteiger partial charge >= 0.3 is 0 Å². The van der Waals surface area contributed by atoms with Crippen LogP contribution in [0, 0.1) is 0 Å². The van der Waals surface area contributed by atoms with Gasteiger partial charge in [0.15, 0.2) is 16.7 Å². The number of thioether (sulfide) groups is 1. The minimum absolute atomic E-state index is 0.150. The highest BCUT2D eigenvalue weighted by Crippen LogP contribution is 2.30. The van der Waals surface area contributed by atoms with Crippen molar-refractivity contribution in [2.75, 3.05) is 0 Å². The number of hydrogen-bond donors (Lipinski definition) is 0. The van der Waals surface area contributed by atoms with E-state index in [0.717, 1.165) is 10.8 Å². The topological polar surface area (TPSA) is 82.8 Å². The molecule has 0 unspecified atom stereocenters. The van der Waals surface area contributed by atoms with Crippen molar-refractivity contribution in [1.29, 1.82) is 0 Å². The van der Waals surface area contributed by atoms with E-state index < -0.39 is 0 Å². The molecule has 0 N–H and O–H groups in total. The molecule has 3 heterocycles. The van der Waals surface area contributed by atoms with Crippen LogP contribution in [0.2, 0.25) is 0 Å². The van der Waals surface area contributed by atoms with E-state index in [1.807, 2.05) is 47.0 Å². The van der Waals surface area contributed by atoms with Crippen molar-refractivity contribution in [1.82, 2.24) is 24.9 Å². The van der Waals surface area contributed by atoms with Gasteiger partial charge in [-0.15, -0.1) is 10.2 Å². The molecule has 138 valence electrons. The lowest BCUT2D eigenvalue weighted by atomic mass is 9.96. The Labute approximate surface area is 160 Å². The highest BCUT2D eigenvalue weighted by molar-refractivity contribution is 7.98. The summed E-state index contributed by atoms with van der Waals surface area (Å²) in [6, 6.07) is 13.6. The smallest absolute Gasteiger partial charge is 0.237 e. The summed E-state index contributed by atoms with van der Waals surface area (Å²) in [6.45, 7) is 6.16. The SMILES string of the molecule is CC(C)(C)c1noc(CSc2nnc(-c3ccco3)n2-c2ccccc2)n1. The van der Waals surface area contributed by atoms with Gasteiger partial charge < -0.3 is 8.94 Å². The Morgan fingerprint density at radius 2 is 1.85 bits per heavy atom. The number of aromatic nitrogens is 5. The zero-order valence-corrected chi connectivity index (χ0v) is 16.1. The van der Waals surface area contributed by atoms with Crippen molar-refractivity contribution in [3.63, 3.8) is 0 Å². The van der Waals surface area contributed by atoms with Gasteiger partial charge in [0.05, 0.1) is 12.0 Å². The molecular weight excluding hydrogens is 362 g/mol. The van der Waals surface area contributed by atoms with Crippen LogP contribution in [0.15, 0.2) is 62.8 Å². The van der Waals surface area contributed by atoms with Gasteiger partial charge in [-0.1, -0.05) is 55.9 Å². The minimum atomic E-state index is -0.150. The lowest BCUT2D eigenvalue weighted by molar-refractivity contribution is 0.372. The molecule has 0 radical (unpaired) electrons. The molecule has 0 aliphatic carbocycles. The normalized spacial score (nSPS) is 11.8. The lowest BCUT2D eigenvalue weighted by Crippen LogP contribution is -2.13. The fourth-order valence-electron chi connectivity index (χ4n) is 2.48. The Balaban J connectivity index is 1.64. The maximum atomic E-state index is 5.53. The van der Waals surface area contributed by atoms with Gasteiger partial charge in [-0.2, -0.15) is 4.98 Å². The molecule has 8 heteroatoms. The highest BCUT2D eigenvalue weighted by Gasteiger charge is 2.22. The molecular formula is C19H19N5O2S. The molecule has 0 bridgehead atoms. The van der Waals surface area contributed by atoms with E-state index in [9.17, 15) is 0 Å². The summed E-state index contributed by atoms with van der Waals surface area (Å²) in [5, 5.41) is 13.5. The van der Waals surface area contributed by atoms with Gasteiger partial charge in [0.2, 0.25) is 11.7 Å². The molecule has 0 saturated carbocycles. The van der Waals surface area contributed by atoms with Crippen molar-refractivity contribution in [3.05, 3.63) is 60.4 Å². The molecule has 0 fully saturated rings. The molecule has 3 aromatic heterocycles. The summed E-state index contributed by atoms with van der Waals surface area (Å²) in [4.78, 5) is 4.48. The largest absolute Gasteiger partial charge is 0.461 e. The van der Waals surface area contributed by atoms with Gasteiger partial charge in [-0.25, -0.2) is 0 Å². The molecule has 0 spiro atoms. The minimum Gasteiger partial charge on any atom is -0.461 e. The number of furan rings is 1. The maximum absolute atomic E-state index is 5.53. The van der Waals surface area contributed by atoms with Crippen LogP contribution in [0.5, 0.6) is 0 Å². The summed E-state index contributed by atoms with van der Waals surface area (Å²) >= 11 is 1.49. The standard InChI is InChI=1S/C19H19N5O2S/c1-19(2,3)17-20-15(26-23-17)12-27-18-22-21-16(14-10-7-11-25-14)24(18)13-8-5-4-6-9-13/h4-11H,12H2,1-3H3. The number of rotatable bonds is 5. The fraction of sp³-hybridized carbons (Fsp3) is 0.263. The molecule has 0 saturated heterocycles. The summed E-state index contributed by atoms with van der Waals surface area (Å²) < 4.78 is 12.9. The highest BCUT2D eigenvalue weighted by atomic mass is 32.2. The molecule has 27 heavy (non-hydrogen) atoms. The summed E-state index contributed by atoms with van der Waals surface area (Å²) in [5.41, 5.74) is 0.806. The van der Waals surface area contributed by atoms with Gasteiger partial charge in [0.25, 0.3) is 0 Å². The van der Waals surface area contributed by atoms with E-state index in [-0.39, 0.29) is 5.41 Å². The molecule has 7 nitrogen and oxygen atoms in total. The molecule has 4 aromatic rings. The van der Waals surface area contributed by atoms with Gasteiger partial charge in [-0.3, -0.25) is 4.57 Å². The van der Waals surface area contributed by atoms with Crippen molar-refractivity contribution in [2.45, 2.75) is 37.1 Å². The van der Waals surface area contributed by atoms with Crippen molar-refractivity contribution in [2.24, 2.45) is 0 Å². The van der Waals surface area contributed by atoms with Crippen LogP contribution in [0.1, 0.15) is 32.5 Å². The third-order valence-corrected chi connectivity index (χ3v) is 4.77. The van der Waals surface area contributed by atoms with E-state index in [0.29, 0.717) is 29.1 Å². The number of hydrogen-bond acceptors (Lipinski definition) is 7. The van der Waals surface area contributed by atoms with Crippen molar-refractivity contribution >= 4 is 11.8 Å². The van der Waals surface area contributed by atoms with Gasteiger partial charge in [0, 0.05) is 11.1 Å². The number of nitrogens with zero attached hydrogens (tertiary/aromatic N) is 5. The third kappa shape index (κ3) is 3.66. The van der Waals surface area contributed by atoms with E-state index in [4.69, 9.17) is 8.94 Å². The Kier molecular flexibility index (Phi) is 4.57. The predicted molar refractivity (Wildman–Crippen MR) is 102 cm³/mol. The summed E-state index contributed by atoms with van der Waals surface area (Å²) in [5.74, 6) is 3.07. The van der Waals surface area contributed by atoms with E-state index in [1.165, 1.54) is 11.8 Å². The maximum Gasteiger partial charge on any atom is 0.237 e. The molecule has 4 rings (SSSR count). The second kappa shape index (κ2) is 7.03. The van der Waals surface area contributed by atoms with E-state index in [2.05, 4.69) is 41.1 Å². The van der Waals surface area contributed by atoms with Crippen LogP contribution >= 0.6 is 11.8 Å². The quantitative estimate of drug-likeness (QED) is 0.471. The zero-order valence-electron chi connectivity index (χ0n) is 15.3. The van der Waals surface area contributed by atoms with Crippen LogP contribution < -0.4 is 0 Å². The van der Waals surface area contributed by atoms with Crippen LogP contribution in [0.25, 0.3) is 17.3 Å². The Morgan fingerprint density at radius 3 is 2.52 bits per heavy atom. The average molecular weight is 381 g/mol.